The van der Waals surface area contributed by atoms with E-state index in [2.05, 4.69) is 10.3 Å². The van der Waals surface area contributed by atoms with Crippen LogP contribution in [-0.2, 0) is 17.5 Å². The molecule has 0 aliphatic carbocycles. The smallest absolute Gasteiger partial charge is 0.416 e. The Morgan fingerprint density at radius 1 is 1.21 bits per heavy atom. The van der Waals surface area contributed by atoms with Crippen molar-refractivity contribution in [1.29, 1.82) is 0 Å². The number of benzene rings is 1. The van der Waals surface area contributed by atoms with E-state index in [4.69, 9.17) is 4.74 Å². The van der Waals surface area contributed by atoms with Gasteiger partial charge in [0.15, 0.2) is 6.10 Å². The monoisotopic (exact) mass is 340 g/mol. The highest BCUT2D eigenvalue weighted by molar-refractivity contribution is 5.80. The minimum Gasteiger partial charge on any atom is -0.481 e. The summed E-state index contributed by atoms with van der Waals surface area (Å²) in [6, 6.07) is 7.01. The van der Waals surface area contributed by atoms with Crippen LogP contribution < -0.4 is 15.6 Å². The Morgan fingerprint density at radius 2 is 1.88 bits per heavy atom. The second kappa shape index (κ2) is 7.20. The number of H-pyrrole nitrogens is 1. The SMILES string of the molecule is CC(Oc1ccc(C(F)(F)F)cc1)C(=O)NCc1ccc(=O)[nH]c1. The number of amides is 1. The summed E-state index contributed by atoms with van der Waals surface area (Å²) in [5.74, 6) is -0.268. The number of hydrogen-bond acceptors (Lipinski definition) is 3. The average molecular weight is 340 g/mol. The molecular weight excluding hydrogens is 325 g/mol. The Kier molecular flexibility index (Phi) is 5.28. The van der Waals surface area contributed by atoms with Crippen LogP contribution in [-0.4, -0.2) is 17.0 Å². The third kappa shape index (κ3) is 4.87. The molecule has 0 saturated carbocycles. The lowest BCUT2D eigenvalue weighted by atomic mass is 10.2. The van der Waals surface area contributed by atoms with E-state index in [1.165, 1.54) is 19.2 Å². The highest BCUT2D eigenvalue weighted by Gasteiger charge is 2.30. The molecule has 2 rings (SSSR count). The predicted molar refractivity (Wildman–Crippen MR) is 80.4 cm³/mol. The van der Waals surface area contributed by atoms with Crippen molar-refractivity contribution in [3.8, 4) is 5.75 Å². The lowest BCUT2D eigenvalue weighted by molar-refractivity contribution is -0.137. The van der Waals surface area contributed by atoms with E-state index in [9.17, 15) is 22.8 Å². The number of alkyl halides is 3. The zero-order valence-corrected chi connectivity index (χ0v) is 12.7. The van der Waals surface area contributed by atoms with E-state index in [0.29, 0.717) is 5.56 Å². The number of rotatable bonds is 5. The van der Waals surface area contributed by atoms with E-state index in [1.807, 2.05) is 0 Å². The van der Waals surface area contributed by atoms with Crippen molar-refractivity contribution >= 4 is 5.91 Å². The molecule has 1 amide bonds. The normalized spacial score (nSPS) is 12.5. The zero-order chi connectivity index (χ0) is 17.7. The van der Waals surface area contributed by atoms with Crippen molar-refractivity contribution in [2.75, 3.05) is 0 Å². The van der Waals surface area contributed by atoms with E-state index < -0.39 is 23.8 Å². The summed E-state index contributed by atoms with van der Waals surface area (Å²) < 4.78 is 42.7. The molecule has 0 aliphatic heterocycles. The van der Waals surface area contributed by atoms with Crippen LogP contribution in [0.5, 0.6) is 5.75 Å². The minimum absolute atomic E-state index is 0.162. The first-order valence-electron chi connectivity index (χ1n) is 7.05. The molecule has 0 fully saturated rings. The summed E-state index contributed by atoms with van der Waals surface area (Å²) in [5, 5.41) is 2.61. The van der Waals surface area contributed by atoms with Crippen LogP contribution in [0.3, 0.4) is 0 Å². The molecular formula is C16H15F3N2O3. The fourth-order valence-electron chi connectivity index (χ4n) is 1.87. The van der Waals surface area contributed by atoms with Crippen molar-refractivity contribution < 1.29 is 22.7 Å². The van der Waals surface area contributed by atoms with Crippen LogP contribution >= 0.6 is 0 Å². The number of aromatic amines is 1. The Bertz CT molecular complexity index is 734. The van der Waals surface area contributed by atoms with E-state index in [0.717, 1.165) is 24.3 Å². The average Bonchev–Trinajstić information content (AvgIpc) is 2.53. The maximum absolute atomic E-state index is 12.5. The predicted octanol–water partition coefficient (Wildman–Crippen LogP) is 2.48. The summed E-state index contributed by atoms with van der Waals surface area (Å²) in [6.45, 7) is 1.68. The van der Waals surface area contributed by atoms with Gasteiger partial charge in [-0.05, 0) is 36.8 Å². The fourth-order valence-corrected chi connectivity index (χ4v) is 1.87. The quantitative estimate of drug-likeness (QED) is 0.878. The van der Waals surface area contributed by atoms with Crippen molar-refractivity contribution in [2.45, 2.75) is 25.7 Å². The number of carbonyl (C=O) groups excluding carboxylic acids is 1. The lowest BCUT2D eigenvalue weighted by Crippen LogP contribution is -2.36. The summed E-state index contributed by atoms with van der Waals surface area (Å²) in [6.07, 6.45) is -3.83. The molecule has 5 nitrogen and oxygen atoms in total. The summed E-state index contributed by atoms with van der Waals surface area (Å²) in [4.78, 5) is 25.3. The first-order valence-corrected chi connectivity index (χ1v) is 7.05. The first kappa shape index (κ1) is 17.6. The first-order chi connectivity index (χ1) is 11.3. The number of aromatic nitrogens is 1. The van der Waals surface area contributed by atoms with Crippen molar-refractivity contribution in [2.24, 2.45) is 0 Å². The molecule has 1 unspecified atom stereocenters. The number of halogens is 3. The molecule has 1 aromatic heterocycles. The van der Waals surface area contributed by atoms with Gasteiger partial charge in [0.05, 0.1) is 5.56 Å². The summed E-state index contributed by atoms with van der Waals surface area (Å²) in [7, 11) is 0. The molecule has 1 atom stereocenters. The molecule has 0 spiro atoms. The molecule has 0 radical (unpaired) electrons. The van der Waals surface area contributed by atoms with Gasteiger partial charge in [0.1, 0.15) is 5.75 Å². The Morgan fingerprint density at radius 3 is 2.42 bits per heavy atom. The molecule has 2 N–H and O–H groups in total. The van der Waals surface area contributed by atoms with E-state index >= 15 is 0 Å². The van der Waals surface area contributed by atoms with Crippen LogP contribution in [0, 0.1) is 0 Å². The van der Waals surface area contributed by atoms with Gasteiger partial charge in [-0.1, -0.05) is 6.07 Å². The lowest BCUT2D eigenvalue weighted by Gasteiger charge is -2.15. The maximum atomic E-state index is 12.5. The highest BCUT2D eigenvalue weighted by Crippen LogP contribution is 2.30. The maximum Gasteiger partial charge on any atom is 0.416 e. The van der Waals surface area contributed by atoms with Crippen molar-refractivity contribution in [3.05, 3.63) is 64.1 Å². The van der Waals surface area contributed by atoms with Gasteiger partial charge in [0.25, 0.3) is 5.91 Å². The molecule has 0 saturated heterocycles. The second-order valence-electron chi connectivity index (χ2n) is 5.06. The topological polar surface area (TPSA) is 71.2 Å². The fraction of sp³-hybridized carbons (Fsp3) is 0.250. The van der Waals surface area contributed by atoms with Gasteiger partial charge >= 0.3 is 6.18 Å². The molecule has 8 heteroatoms. The van der Waals surface area contributed by atoms with Crippen LogP contribution in [0.2, 0.25) is 0 Å². The molecule has 1 aromatic carbocycles. The number of pyridine rings is 1. The van der Waals surface area contributed by atoms with Crippen molar-refractivity contribution in [3.63, 3.8) is 0 Å². The summed E-state index contributed by atoms with van der Waals surface area (Å²) in [5.41, 5.74) is -0.334. The van der Waals surface area contributed by atoms with Gasteiger partial charge in [-0.15, -0.1) is 0 Å². The Labute approximate surface area is 135 Å². The molecule has 24 heavy (non-hydrogen) atoms. The third-order valence-corrected chi connectivity index (χ3v) is 3.18. The zero-order valence-electron chi connectivity index (χ0n) is 12.7. The van der Waals surface area contributed by atoms with Gasteiger partial charge in [-0.3, -0.25) is 9.59 Å². The van der Waals surface area contributed by atoms with Gasteiger partial charge < -0.3 is 15.0 Å². The molecule has 1 heterocycles. The number of nitrogens with one attached hydrogen (secondary N) is 2. The van der Waals surface area contributed by atoms with Crippen LogP contribution in [0.4, 0.5) is 13.2 Å². The highest BCUT2D eigenvalue weighted by atomic mass is 19.4. The summed E-state index contributed by atoms with van der Waals surface area (Å²) >= 11 is 0. The number of hydrogen-bond donors (Lipinski definition) is 2. The largest absolute Gasteiger partial charge is 0.481 e. The second-order valence-corrected chi connectivity index (χ2v) is 5.06. The molecule has 0 aliphatic rings. The molecule has 128 valence electrons. The number of carbonyl (C=O) groups is 1. The van der Waals surface area contributed by atoms with Crippen LogP contribution in [0.25, 0.3) is 0 Å². The molecule has 0 bridgehead atoms. The van der Waals surface area contributed by atoms with Gasteiger partial charge in [-0.25, -0.2) is 0 Å². The minimum atomic E-state index is -4.42. The number of ether oxygens (including phenoxy) is 1. The van der Waals surface area contributed by atoms with Crippen LogP contribution in [0.1, 0.15) is 18.1 Å². The third-order valence-electron chi connectivity index (χ3n) is 3.18. The Balaban J connectivity index is 1.89. The van der Waals surface area contributed by atoms with Gasteiger partial charge in [-0.2, -0.15) is 13.2 Å². The van der Waals surface area contributed by atoms with E-state index in [1.54, 1.807) is 6.07 Å². The molecule has 2 aromatic rings. The van der Waals surface area contributed by atoms with Gasteiger partial charge in [0.2, 0.25) is 5.56 Å². The van der Waals surface area contributed by atoms with E-state index in [-0.39, 0.29) is 17.9 Å². The van der Waals surface area contributed by atoms with Crippen molar-refractivity contribution in [1.82, 2.24) is 10.3 Å². The standard InChI is InChI=1S/C16H15F3N2O3/c1-10(15(23)21-9-11-2-7-14(22)20-8-11)24-13-5-3-12(4-6-13)16(17,18)19/h2-8,10H,9H2,1H3,(H,20,22)(H,21,23). The van der Waals surface area contributed by atoms with Gasteiger partial charge in [0, 0.05) is 18.8 Å². The van der Waals surface area contributed by atoms with Crippen LogP contribution in [0.15, 0.2) is 47.4 Å². The Hall–Kier alpha value is -2.77.